The van der Waals surface area contributed by atoms with Crippen LogP contribution in [0, 0.1) is 5.82 Å². The van der Waals surface area contributed by atoms with Gasteiger partial charge in [-0.15, -0.1) is 0 Å². The summed E-state index contributed by atoms with van der Waals surface area (Å²) in [5, 5.41) is 0. The summed E-state index contributed by atoms with van der Waals surface area (Å²) in [6, 6.07) is 5.41. The lowest BCUT2D eigenvalue weighted by Crippen LogP contribution is -2.36. The number of nitrogens with zero attached hydrogens (tertiary/aromatic N) is 1. The van der Waals surface area contributed by atoms with Crippen LogP contribution in [0.5, 0.6) is 0 Å². The summed E-state index contributed by atoms with van der Waals surface area (Å²) in [5.41, 5.74) is 7.13. The molecule has 1 aliphatic rings. The Labute approximate surface area is 96.2 Å². The fourth-order valence-corrected chi connectivity index (χ4v) is 2.39. The van der Waals surface area contributed by atoms with Crippen molar-refractivity contribution in [2.75, 3.05) is 12.3 Å². The molecule has 1 unspecified atom stereocenters. The Morgan fingerprint density at radius 2 is 2.19 bits per heavy atom. The topological polar surface area (TPSA) is 29.3 Å². The van der Waals surface area contributed by atoms with Crippen LogP contribution in [0.15, 0.2) is 18.2 Å². The molecule has 0 amide bonds. The number of hydrogen-bond acceptors (Lipinski definition) is 2. The van der Waals surface area contributed by atoms with E-state index in [0.29, 0.717) is 11.7 Å². The van der Waals surface area contributed by atoms with Crippen molar-refractivity contribution in [3.8, 4) is 0 Å². The van der Waals surface area contributed by atoms with Gasteiger partial charge in [0.1, 0.15) is 5.82 Å². The Kier molecular flexibility index (Phi) is 3.44. The molecule has 0 saturated carbocycles. The van der Waals surface area contributed by atoms with Crippen LogP contribution < -0.4 is 5.73 Å². The normalized spacial score (nSPS) is 22.2. The molecule has 1 heterocycles. The average molecular weight is 222 g/mol. The van der Waals surface area contributed by atoms with E-state index in [1.54, 1.807) is 6.07 Å². The zero-order valence-corrected chi connectivity index (χ0v) is 9.75. The van der Waals surface area contributed by atoms with E-state index in [0.717, 1.165) is 18.7 Å². The van der Waals surface area contributed by atoms with Crippen LogP contribution in [0.4, 0.5) is 10.1 Å². The van der Waals surface area contributed by atoms with Crippen LogP contribution in [-0.2, 0) is 6.54 Å². The average Bonchev–Trinajstić information content (AvgIpc) is 2.20. The molecule has 1 saturated heterocycles. The van der Waals surface area contributed by atoms with E-state index in [2.05, 4.69) is 11.8 Å². The van der Waals surface area contributed by atoms with Gasteiger partial charge in [-0.2, -0.15) is 0 Å². The molecule has 1 fully saturated rings. The highest BCUT2D eigenvalue weighted by atomic mass is 19.1. The van der Waals surface area contributed by atoms with Crippen LogP contribution in [0.3, 0.4) is 0 Å². The predicted octanol–water partition coefficient (Wildman–Crippen LogP) is 2.78. The Morgan fingerprint density at radius 1 is 1.38 bits per heavy atom. The summed E-state index contributed by atoms with van der Waals surface area (Å²) in [6.07, 6.45) is 3.79. The Hall–Kier alpha value is -1.09. The van der Waals surface area contributed by atoms with Gasteiger partial charge in [-0.3, -0.25) is 4.90 Å². The summed E-state index contributed by atoms with van der Waals surface area (Å²) in [4.78, 5) is 2.40. The van der Waals surface area contributed by atoms with E-state index in [-0.39, 0.29) is 5.82 Å². The molecular formula is C13H19FN2. The lowest BCUT2D eigenvalue weighted by molar-refractivity contribution is 0.152. The van der Waals surface area contributed by atoms with Crippen LogP contribution in [-0.4, -0.2) is 17.5 Å². The van der Waals surface area contributed by atoms with E-state index in [1.807, 2.05) is 6.07 Å². The van der Waals surface area contributed by atoms with Gasteiger partial charge in [0.05, 0.1) is 0 Å². The van der Waals surface area contributed by atoms with Crippen molar-refractivity contribution in [1.29, 1.82) is 0 Å². The van der Waals surface area contributed by atoms with Gasteiger partial charge in [-0.25, -0.2) is 4.39 Å². The van der Waals surface area contributed by atoms with Crippen LogP contribution >= 0.6 is 0 Å². The highest BCUT2D eigenvalue weighted by Crippen LogP contribution is 2.20. The lowest BCUT2D eigenvalue weighted by Gasteiger charge is -2.33. The van der Waals surface area contributed by atoms with Gasteiger partial charge in [-0.05, 0) is 50.1 Å². The molecule has 1 aliphatic heterocycles. The Morgan fingerprint density at radius 3 is 2.88 bits per heavy atom. The molecule has 1 aromatic carbocycles. The van der Waals surface area contributed by atoms with E-state index in [9.17, 15) is 4.39 Å². The third-order valence-electron chi connectivity index (χ3n) is 3.31. The molecule has 2 N–H and O–H groups in total. The monoisotopic (exact) mass is 222 g/mol. The van der Waals surface area contributed by atoms with Crippen molar-refractivity contribution >= 4 is 5.69 Å². The van der Waals surface area contributed by atoms with Crippen molar-refractivity contribution in [2.45, 2.75) is 38.8 Å². The third kappa shape index (κ3) is 2.73. The summed E-state index contributed by atoms with van der Waals surface area (Å²) >= 11 is 0. The molecule has 0 aliphatic carbocycles. The minimum Gasteiger partial charge on any atom is -0.399 e. The number of anilines is 1. The highest BCUT2D eigenvalue weighted by Gasteiger charge is 2.18. The largest absolute Gasteiger partial charge is 0.399 e. The number of nitrogen functional groups attached to an aromatic ring is 1. The van der Waals surface area contributed by atoms with Gasteiger partial charge < -0.3 is 5.73 Å². The number of benzene rings is 1. The second kappa shape index (κ2) is 4.83. The first-order valence-corrected chi connectivity index (χ1v) is 5.94. The first-order chi connectivity index (χ1) is 7.65. The summed E-state index contributed by atoms with van der Waals surface area (Å²) in [7, 11) is 0. The lowest BCUT2D eigenvalue weighted by atomic mass is 10.0. The van der Waals surface area contributed by atoms with Crippen LogP contribution in [0.1, 0.15) is 31.7 Å². The molecule has 16 heavy (non-hydrogen) atoms. The molecule has 0 bridgehead atoms. The first kappa shape index (κ1) is 11.4. The van der Waals surface area contributed by atoms with Gasteiger partial charge >= 0.3 is 0 Å². The van der Waals surface area contributed by atoms with E-state index < -0.39 is 0 Å². The van der Waals surface area contributed by atoms with Crippen molar-refractivity contribution in [1.82, 2.24) is 4.90 Å². The molecule has 2 rings (SSSR count). The maximum absolute atomic E-state index is 13.2. The Balaban J connectivity index is 2.07. The molecule has 0 spiro atoms. The first-order valence-electron chi connectivity index (χ1n) is 5.94. The van der Waals surface area contributed by atoms with Crippen LogP contribution in [0.2, 0.25) is 0 Å². The molecule has 0 aromatic heterocycles. The number of likely N-dealkylation sites (tertiary alicyclic amines) is 1. The Bertz CT molecular complexity index is 345. The van der Waals surface area contributed by atoms with Crippen molar-refractivity contribution in [3.63, 3.8) is 0 Å². The van der Waals surface area contributed by atoms with E-state index in [4.69, 9.17) is 5.73 Å². The quantitative estimate of drug-likeness (QED) is 0.780. The molecule has 1 aromatic rings. The highest BCUT2D eigenvalue weighted by molar-refractivity contribution is 5.41. The SMILES string of the molecule is CC1CCCCN1Cc1cc(N)cc(F)c1. The number of halogens is 1. The number of rotatable bonds is 2. The molecular weight excluding hydrogens is 203 g/mol. The summed E-state index contributed by atoms with van der Waals surface area (Å²) < 4.78 is 13.2. The van der Waals surface area contributed by atoms with Gasteiger partial charge in [0.25, 0.3) is 0 Å². The molecule has 3 heteroatoms. The standard InChI is InChI=1S/C13H19FN2/c1-10-4-2-3-5-16(10)9-11-6-12(14)8-13(15)7-11/h6-8,10H,2-5,9,15H2,1H3. The molecule has 2 nitrogen and oxygen atoms in total. The minimum absolute atomic E-state index is 0.236. The smallest absolute Gasteiger partial charge is 0.125 e. The third-order valence-corrected chi connectivity index (χ3v) is 3.31. The van der Waals surface area contributed by atoms with Crippen molar-refractivity contribution in [2.24, 2.45) is 0 Å². The summed E-state index contributed by atoms with van der Waals surface area (Å²) in [5.74, 6) is -0.236. The number of nitrogens with two attached hydrogens (primary N) is 1. The molecule has 0 radical (unpaired) electrons. The summed E-state index contributed by atoms with van der Waals surface area (Å²) in [6.45, 7) is 4.16. The van der Waals surface area contributed by atoms with Crippen LogP contribution in [0.25, 0.3) is 0 Å². The number of piperidine rings is 1. The fourth-order valence-electron chi connectivity index (χ4n) is 2.39. The fraction of sp³-hybridized carbons (Fsp3) is 0.538. The second-order valence-corrected chi connectivity index (χ2v) is 4.71. The van der Waals surface area contributed by atoms with Gasteiger partial charge in [0.15, 0.2) is 0 Å². The van der Waals surface area contributed by atoms with Gasteiger partial charge in [0, 0.05) is 18.3 Å². The second-order valence-electron chi connectivity index (χ2n) is 4.71. The number of hydrogen-bond donors (Lipinski definition) is 1. The van der Waals surface area contributed by atoms with Crippen molar-refractivity contribution < 1.29 is 4.39 Å². The van der Waals surface area contributed by atoms with E-state index in [1.165, 1.54) is 25.3 Å². The maximum Gasteiger partial charge on any atom is 0.125 e. The van der Waals surface area contributed by atoms with E-state index >= 15 is 0 Å². The van der Waals surface area contributed by atoms with Crippen molar-refractivity contribution in [3.05, 3.63) is 29.6 Å². The van der Waals surface area contributed by atoms with Gasteiger partial charge in [-0.1, -0.05) is 6.42 Å². The van der Waals surface area contributed by atoms with Gasteiger partial charge in [0.2, 0.25) is 0 Å². The molecule has 1 atom stereocenters. The maximum atomic E-state index is 13.2. The molecule has 88 valence electrons. The minimum atomic E-state index is -0.236. The predicted molar refractivity (Wildman–Crippen MR) is 64.5 cm³/mol. The zero-order chi connectivity index (χ0) is 11.5. The zero-order valence-electron chi connectivity index (χ0n) is 9.75.